The fraction of sp³-hybridized carbons (Fsp3) is 0.643. The van der Waals surface area contributed by atoms with E-state index in [9.17, 15) is 5.11 Å². The normalized spacial score (nSPS) is 17.9. The zero-order valence-corrected chi connectivity index (χ0v) is 11.0. The summed E-state index contributed by atoms with van der Waals surface area (Å²) in [4.78, 5) is 6.69. The molecule has 3 N–H and O–H groups in total. The van der Waals surface area contributed by atoms with Crippen LogP contribution in [0.3, 0.4) is 0 Å². The van der Waals surface area contributed by atoms with Crippen molar-refractivity contribution in [3.8, 4) is 0 Å². The van der Waals surface area contributed by atoms with E-state index >= 15 is 0 Å². The van der Waals surface area contributed by atoms with Crippen molar-refractivity contribution < 1.29 is 5.11 Å². The molecule has 1 aromatic heterocycles. The second kappa shape index (κ2) is 6.16. The standard InChI is InChI=1S/C14H23N3O/c1-11(15)14-7-6-13(10-16-14)17(8-9-18)12-4-2-3-5-12/h6-7,10-12,18H,2-5,8-9,15H2,1H3. The summed E-state index contributed by atoms with van der Waals surface area (Å²) in [5.41, 5.74) is 7.81. The lowest BCUT2D eigenvalue weighted by Crippen LogP contribution is -2.35. The van der Waals surface area contributed by atoms with E-state index in [1.54, 1.807) is 0 Å². The smallest absolute Gasteiger partial charge is 0.0606 e. The fourth-order valence-corrected chi connectivity index (χ4v) is 2.68. The van der Waals surface area contributed by atoms with Gasteiger partial charge < -0.3 is 15.7 Å². The third-order valence-electron chi connectivity index (χ3n) is 3.68. The molecule has 1 aliphatic rings. The zero-order valence-electron chi connectivity index (χ0n) is 11.0. The van der Waals surface area contributed by atoms with Gasteiger partial charge in [-0.15, -0.1) is 0 Å². The molecule has 0 saturated heterocycles. The molecule has 0 bridgehead atoms. The first kappa shape index (κ1) is 13.3. The van der Waals surface area contributed by atoms with Crippen molar-refractivity contribution in [3.63, 3.8) is 0 Å². The number of nitrogens with two attached hydrogens (primary N) is 1. The molecule has 1 unspecified atom stereocenters. The van der Waals surface area contributed by atoms with Gasteiger partial charge in [-0.25, -0.2) is 0 Å². The molecule has 0 spiro atoms. The SMILES string of the molecule is CC(N)c1ccc(N(CCO)C2CCCC2)cn1. The zero-order chi connectivity index (χ0) is 13.0. The molecule has 1 aliphatic carbocycles. The summed E-state index contributed by atoms with van der Waals surface area (Å²) < 4.78 is 0. The molecule has 0 aromatic carbocycles. The van der Waals surface area contributed by atoms with Crippen LogP contribution < -0.4 is 10.6 Å². The van der Waals surface area contributed by atoms with Crippen LogP contribution in [0.1, 0.15) is 44.3 Å². The number of anilines is 1. The van der Waals surface area contributed by atoms with Gasteiger partial charge in [0.25, 0.3) is 0 Å². The van der Waals surface area contributed by atoms with E-state index in [2.05, 4.69) is 16.0 Å². The molecular weight excluding hydrogens is 226 g/mol. The van der Waals surface area contributed by atoms with Crippen molar-refractivity contribution in [1.82, 2.24) is 4.98 Å². The molecule has 1 heterocycles. The number of aliphatic hydroxyl groups excluding tert-OH is 1. The summed E-state index contributed by atoms with van der Waals surface area (Å²) in [5.74, 6) is 0. The van der Waals surface area contributed by atoms with Crippen molar-refractivity contribution in [2.24, 2.45) is 5.73 Å². The maximum Gasteiger partial charge on any atom is 0.0606 e. The van der Waals surface area contributed by atoms with E-state index in [1.165, 1.54) is 25.7 Å². The third-order valence-corrected chi connectivity index (χ3v) is 3.68. The van der Waals surface area contributed by atoms with E-state index in [0.29, 0.717) is 12.6 Å². The minimum absolute atomic E-state index is 0.0307. The van der Waals surface area contributed by atoms with Crippen molar-refractivity contribution >= 4 is 5.69 Å². The van der Waals surface area contributed by atoms with Gasteiger partial charge in [0.05, 0.1) is 24.2 Å². The van der Waals surface area contributed by atoms with Crippen LogP contribution in [-0.2, 0) is 0 Å². The maximum absolute atomic E-state index is 9.22. The molecule has 1 aromatic rings. The Morgan fingerprint density at radius 3 is 2.67 bits per heavy atom. The van der Waals surface area contributed by atoms with Crippen LogP contribution in [0.5, 0.6) is 0 Å². The molecule has 4 nitrogen and oxygen atoms in total. The quantitative estimate of drug-likeness (QED) is 0.836. The van der Waals surface area contributed by atoms with Crippen molar-refractivity contribution in [3.05, 3.63) is 24.0 Å². The molecular formula is C14H23N3O. The average molecular weight is 249 g/mol. The van der Waals surface area contributed by atoms with Crippen molar-refractivity contribution in [2.45, 2.75) is 44.7 Å². The number of hydrogen-bond donors (Lipinski definition) is 2. The Bertz CT molecular complexity index is 358. The van der Waals surface area contributed by atoms with Crippen molar-refractivity contribution in [2.75, 3.05) is 18.1 Å². The van der Waals surface area contributed by atoms with Gasteiger partial charge in [-0.3, -0.25) is 4.98 Å². The van der Waals surface area contributed by atoms with Crippen LogP contribution in [0.4, 0.5) is 5.69 Å². The Balaban J connectivity index is 2.14. The Morgan fingerprint density at radius 2 is 2.17 bits per heavy atom. The van der Waals surface area contributed by atoms with Gasteiger partial charge in [0, 0.05) is 18.6 Å². The van der Waals surface area contributed by atoms with Crippen LogP contribution in [0.25, 0.3) is 0 Å². The monoisotopic (exact) mass is 249 g/mol. The van der Waals surface area contributed by atoms with Gasteiger partial charge in [0.2, 0.25) is 0 Å². The van der Waals surface area contributed by atoms with E-state index in [0.717, 1.165) is 11.4 Å². The second-order valence-corrected chi connectivity index (χ2v) is 5.09. The van der Waals surface area contributed by atoms with Crippen LogP contribution in [0, 0.1) is 0 Å². The first-order chi connectivity index (χ1) is 8.72. The predicted molar refractivity (Wildman–Crippen MR) is 73.5 cm³/mol. The van der Waals surface area contributed by atoms with Crippen LogP contribution >= 0.6 is 0 Å². The maximum atomic E-state index is 9.22. The topological polar surface area (TPSA) is 62.4 Å². The summed E-state index contributed by atoms with van der Waals surface area (Å²) >= 11 is 0. The van der Waals surface area contributed by atoms with Gasteiger partial charge in [-0.2, -0.15) is 0 Å². The number of aromatic nitrogens is 1. The highest BCUT2D eigenvalue weighted by Crippen LogP contribution is 2.27. The van der Waals surface area contributed by atoms with Crippen LogP contribution in [-0.4, -0.2) is 29.3 Å². The summed E-state index contributed by atoms with van der Waals surface area (Å²) in [6.07, 6.45) is 6.90. The Kier molecular flexibility index (Phi) is 4.55. The lowest BCUT2D eigenvalue weighted by molar-refractivity contribution is 0.297. The Hall–Kier alpha value is -1.13. The van der Waals surface area contributed by atoms with E-state index < -0.39 is 0 Å². The van der Waals surface area contributed by atoms with E-state index in [-0.39, 0.29) is 12.6 Å². The van der Waals surface area contributed by atoms with Gasteiger partial charge in [0.15, 0.2) is 0 Å². The van der Waals surface area contributed by atoms with E-state index in [4.69, 9.17) is 5.73 Å². The lowest BCUT2D eigenvalue weighted by Gasteiger charge is -2.30. The Morgan fingerprint density at radius 1 is 1.44 bits per heavy atom. The molecule has 0 aliphatic heterocycles. The molecule has 1 saturated carbocycles. The average Bonchev–Trinajstić information content (AvgIpc) is 2.90. The molecule has 100 valence electrons. The van der Waals surface area contributed by atoms with Crippen molar-refractivity contribution in [1.29, 1.82) is 0 Å². The van der Waals surface area contributed by atoms with Gasteiger partial charge >= 0.3 is 0 Å². The van der Waals surface area contributed by atoms with Crippen LogP contribution in [0.2, 0.25) is 0 Å². The summed E-state index contributed by atoms with van der Waals surface area (Å²) in [6.45, 7) is 2.81. The summed E-state index contributed by atoms with van der Waals surface area (Å²) in [7, 11) is 0. The highest BCUT2D eigenvalue weighted by Gasteiger charge is 2.22. The minimum Gasteiger partial charge on any atom is -0.395 e. The molecule has 1 fully saturated rings. The fourth-order valence-electron chi connectivity index (χ4n) is 2.68. The van der Waals surface area contributed by atoms with Crippen LogP contribution in [0.15, 0.2) is 18.3 Å². The number of hydrogen-bond acceptors (Lipinski definition) is 4. The minimum atomic E-state index is -0.0307. The summed E-state index contributed by atoms with van der Waals surface area (Å²) in [6, 6.07) is 4.58. The first-order valence-corrected chi connectivity index (χ1v) is 6.81. The Labute approximate surface area is 109 Å². The molecule has 0 radical (unpaired) electrons. The molecule has 2 rings (SSSR count). The van der Waals surface area contributed by atoms with Gasteiger partial charge in [-0.05, 0) is 31.9 Å². The number of rotatable bonds is 5. The number of pyridine rings is 1. The van der Waals surface area contributed by atoms with E-state index in [1.807, 2.05) is 19.2 Å². The second-order valence-electron chi connectivity index (χ2n) is 5.09. The first-order valence-electron chi connectivity index (χ1n) is 6.81. The highest BCUT2D eigenvalue weighted by molar-refractivity contribution is 5.46. The number of nitrogens with zero attached hydrogens (tertiary/aromatic N) is 2. The molecule has 4 heteroatoms. The number of aliphatic hydroxyl groups is 1. The highest BCUT2D eigenvalue weighted by atomic mass is 16.3. The van der Waals surface area contributed by atoms with Gasteiger partial charge in [0.1, 0.15) is 0 Å². The third kappa shape index (κ3) is 3.00. The molecule has 18 heavy (non-hydrogen) atoms. The van der Waals surface area contributed by atoms with Gasteiger partial charge in [-0.1, -0.05) is 12.8 Å². The lowest BCUT2D eigenvalue weighted by atomic mass is 10.1. The summed E-state index contributed by atoms with van der Waals surface area (Å²) in [5, 5.41) is 9.22. The largest absolute Gasteiger partial charge is 0.395 e. The molecule has 1 atom stereocenters. The molecule has 0 amide bonds. The predicted octanol–water partition coefficient (Wildman–Crippen LogP) is 1.84.